The van der Waals surface area contributed by atoms with Crippen molar-refractivity contribution < 1.29 is 28.7 Å². The van der Waals surface area contributed by atoms with Gasteiger partial charge < -0.3 is 9.47 Å². The second kappa shape index (κ2) is 10.6. The number of rotatable bonds is 8. The van der Waals surface area contributed by atoms with Crippen LogP contribution >= 0.6 is 0 Å². The molecular weight excluding hydrogens is 498 g/mol. The van der Waals surface area contributed by atoms with Gasteiger partial charge in [-0.1, -0.05) is 26.0 Å². The normalized spacial score (nSPS) is 22.0. The maximum atomic E-state index is 13.5. The summed E-state index contributed by atoms with van der Waals surface area (Å²) in [5, 5.41) is 0. The molecule has 2 unspecified atom stereocenters. The molecule has 5 rings (SSSR count). The van der Waals surface area contributed by atoms with Crippen molar-refractivity contribution >= 4 is 29.3 Å². The molecule has 2 amide bonds. The number of nitrogens with zero attached hydrogens (tertiary/aromatic N) is 3. The highest BCUT2D eigenvalue weighted by Crippen LogP contribution is 2.47. The number of benzene rings is 1. The fraction of sp³-hybridized carbons (Fsp3) is 0.400. The Morgan fingerprint density at radius 2 is 1.67 bits per heavy atom. The maximum absolute atomic E-state index is 13.5. The van der Waals surface area contributed by atoms with E-state index in [1.807, 2.05) is 13.8 Å². The molecule has 3 aliphatic rings. The summed E-state index contributed by atoms with van der Waals surface area (Å²) in [4.78, 5) is 62.2. The lowest BCUT2D eigenvalue weighted by Gasteiger charge is -2.41. The second-order valence-corrected chi connectivity index (χ2v) is 10.8. The lowest BCUT2D eigenvalue weighted by molar-refractivity contribution is -0.139. The van der Waals surface area contributed by atoms with Gasteiger partial charge in [0.2, 0.25) is 0 Å². The number of amides is 2. The number of imide groups is 1. The predicted molar refractivity (Wildman–Crippen MR) is 142 cm³/mol. The van der Waals surface area contributed by atoms with Crippen LogP contribution < -0.4 is 0 Å². The van der Waals surface area contributed by atoms with Crippen LogP contribution in [0.4, 0.5) is 0 Å². The SMILES string of the molecule is CCOC(=O)C1=C(COCCN2C(=O)c3ccccc3C2=O)N=C2CC(C)(C)CC(=O)C2C1c1ccncc1. The van der Waals surface area contributed by atoms with Crippen LogP contribution in [0.3, 0.4) is 0 Å². The standard InChI is InChI=1S/C30H31N3O6/c1-4-39-29(37)26-22(17-38-14-13-33-27(35)19-7-5-6-8-20(19)28(33)36)32-21-15-30(2,3)16-23(34)25(21)24(26)18-9-11-31-12-10-18/h5-12,24-25H,4,13-17H2,1-3H3. The van der Waals surface area contributed by atoms with Crippen molar-refractivity contribution in [1.29, 1.82) is 0 Å². The zero-order chi connectivity index (χ0) is 27.7. The quantitative estimate of drug-likeness (QED) is 0.291. The minimum atomic E-state index is -0.571. The van der Waals surface area contributed by atoms with Gasteiger partial charge in [0, 0.05) is 30.4 Å². The lowest BCUT2D eigenvalue weighted by Crippen LogP contribution is -2.44. The van der Waals surface area contributed by atoms with Crippen molar-refractivity contribution in [3.63, 3.8) is 0 Å². The molecule has 0 saturated heterocycles. The number of carbonyl (C=O) groups excluding carboxylic acids is 4. The van der Waals surface area contributed by atoms with Crippen molar-refractivity contribution in [2.45, 2.75) is 39.5 Å². The van der Waals surface area contributed by atoms with Crippen LogP contribution in [-0.4, -0.2) is 65.5 Å². The molecule has 1 aliphatic carbocycles. The molecule has 1 aromatic carbocycles. The van der Waals surface area contributed by atoms with Crippen LogP contribution in [0.2, 0.25) is 0 Å². The monoisotopic (exact) mass is 529 g/mol. The Bertz CT molecular complexity index is 1360. The van der Waals surface area contributed by atoms with E-state index in [9.17, 15) is 19.2 Å². The molecule has 202 valence electrons. The Morgan fingerprint density at radius 3 is 2.31 bits per heavy atom. The summed E-state index contributed by atoms with van der Waals surface area (Å²) in [6.45, 7) is 6.05. The van der Waals surface area contributed by atoms with Crippen LogP contribution in [0.1, 0.15) is 65.8 Å². The number of aromatic nitrogens is 1. The summed E-state index contributed by atoms with van der Waals surface area (Å²) in [5.41, 5.74) is 2.70. The van der Waals surface area contributed by atoms with Crippen LogP contribution in [0.5, 0.6) is 0 Å². The minimum Gasteiger partial charge on any atom is -0.463 e. The van der Waals surface area contributed by atoms with Gasteiger partial charge in [-0.15, -0.1) is 0 Å². The molecule has 0 radical (unpaired) electrons. The van der Waals surface area contributed by atoms with Gasteiger partial charge in [0.05, 0.1) is 54.7 Å². The first-order valence-corrected chi connectivity index (χ1v) is 13.1. The molecule has 1 aromatic heterocycles. The van der Waals surface area contributed by atoms with E-state index in [0.29, 0.717) is 35.2 Å². The third kappa shape index (κ3) is 5.06. The van der Waals surface area contributed by atoms with E-state index >= 15 is 0 Å². The Labute approximate surface area is 226 Å². The molecule has 1 saturated carbocycles. The fourth-order valence-electron chi connectivity index (χ4n) is 5.76. The number of pyridine rings is 1. The number of hydrogen-bond donors (Lipinski definition) is 0. The number of fused-ring (bicyclic) bond motifs is 2. The van der Waals surface area contributed by atoms with Gasteiger partial charge in [-0.2, -0.15) is 0 Å². The molecular formula is C30H31N3O6. The third-order valence-electron chi connectivity index (χ3n) is 7.39. The maximum Gasteiger partial charge on any atom is 0.336 e. The number of carbonyl (C=O) groups is 4. The molecule has 39 heavy (non-hydrogen) atoms. The van der Waals surface area contributed by atoms with E-state index in [2.05, 4.69) is 4.98 Å². The highest BCUT2D eigenvalue weighted by molar-refractivity contribution is 6.21. The summed E-state index contributed by atoms with van der Waals surface area (Å²) < 4.78 is 11.3. The van der Waals surface area contributed by atoms with Gasteiger partial charge in [-0.05, 0) is 48.6 Å². The van der Waals surface area contributed by atoms with Crippen molar-refractivity contribution in [3.05, 3.63) is 76.8 Å². The van der Waals surface area contributed by atoms with E-state index in [1.54, 1.807) is 55.7 Å². The highest BCUT2D eigenvalue weighted by Gasteiger charge is 2.48. The van der Waals surface area contributed by atoms with Gasteiger partial charge in [-0.25, -0.2) is 4.79 Å². The van der Waals surface area contributed by atoms with Gasteiger partial charge in [0.25, 0.3) is 11.8 Å². The second-order valence-electron chi connectivity index (χ2n) is 10.8. The summed E-state index contributed by atoms with van der Waals surface area (Å²) in [7, 11) is 0. The summed E-state index contributed by atoms with van der Waals surface area (Å²) in [5.74, 6) is -2.35. The van der Waals surface area contributed by atoms with Gasteiger partial charge in [0.15, 0.2) is 0 Å². The average Bonchev–Trinajstić information content (AvgIpc) is 3.15. The molecule has 0 spiro atoms. The predicted octanol–water partition coefficient (Wildman–Crippen LogP) is 3.76. The Kier molecular flexibility index (Phi) is 7.27. The van der Waals surface area contributed by atoms with E-state index in [-0.39, 0.29) is 49.4 Å². The zero-order valence-corrected chi connectivity index (χ0v) is 22.3. The van der Waals surface area contributed by atoms with Crippen LogP contribution in [0.15, 0.2) is 65.1 Å². The number of hydrogen-bond acceptors (Lipinski definition) is 8. The fourth-order valence-corrected chi connectivity index (χ4v) is 5.76. The van der Waals surface area contributed by atoms with Crippen LogP contribution in [0.25, 0.3) is 0 Å². The van der Waals surface area contributed by atoms with Crippen LogP contribution in [0, 0.1) is 11.3 Å². The largest absolute Gasteiger partial charge is 0.463 e. The molecule has 0 bridgehead atoms. The van der Waals surface area contributed by atoms with Crippen molar-refractivity contribution in [2.24, 2.45) is 16.3 Å². The van der Waals surface area contributed by atoms with Crippen LogP contribution in [-0.2, 0) is 19.1 Å². The number of aliphatic imine (C=N–C) groups is 1. The van der Waals surface area contributed by atoms with E-state index < -0.39 is 17.8 Å². The molecule has 3 heterocycles. The molecule has 1 fully saturated rings. The van der Waals surface area contributed by atoms with Crippen molar-refractivity contribution in [2.75, 3.05) is 26.4 Å². The van der Waals surface area contributed by atoms with E-state index in [1.165, 1.54) is 0 Å². The summed E-state index contributed by atoms with van der Waals surface area (Å²) in [6, 6.07) is 10.3. The number of ketones is 1. The van der Waals surface area contributed by atoms with E-state index in [4.69, 9.17) is 14.5 Å². The van der Waals surface area contributed by atoms with E-state index in [0.717, 1.165) is 16.2 Å². The smallest absolute Gasteiger partial charge is 0.336 e. The topological polar surface area (TPSA) is 115 Å². The Balaban J connectivity index is 1.43. The average molecular weight is 530 g/mol. The zero-order valence-electron chi connectivity index (χ0n) is 22.3. The molecule has 9 heteroatoms. The number of Topliss-reactive ketones (excluding diaryl/α,β-unsaturated/α-hetero) is 1. The summed E-state index contributed by atoms with van der Waals surface area (Å²) >= 11 is 0. The molecule has 9 nitrogen and oxygen atoms in total. The molecule has 2 atom stereocenters. The first-order valence-electron chi connectivity index (χ1n) is 13.1. The first-order chi connectivity index (χ1) is 18.7. The van der Waals surface area contributed by atoms with Gasteiger partial charge in [-0.3, -0.25) is 29.3 Å². The number of esters is 1. The van der Waals surface area contributed by atoms with Gasteiger partial charge in [0.1, 0.15) is 5.78 Å². The number of ether oxygens (including phenoxy) is 2. The lowest BCUT2D eigenvalue weighted by atomic mass is 9.63. The molecule has 0 N–H and O–H groups in total. The van der Waals surface area contributed by atoms with Gasteiger partial charge >= 0.3 is 5.97 Å². The first kappa shape index (κ1) is 26.6. The summed E-state index contributed by atoms with van der Waals surface area (Å²) in [6.07, 6.45) is 4.28. The molecule has 2 aliphatic heterocycles. The minimum absolute atomic E-state index is 0.0380. The molecule has 2 aromatic rings. The van der Waals surface area contributed by atoms with Crippen molar-refractivity contribution in [1.82, 2.24) is 9.88 Å². The van der Waals surface area contributed by atoms with Crippen molar-refractivity contribution in [3.8, 4) is 0 Å². The Hall–Kier alpha value is -3.98. The highest BCUT2D eigenvalue weighted by atomic mass is 16.5. The Morgan fingerprint density at radius 1 is 1.00 bits per heavy atom. The third-order valence-corrected chi connectivity index (χ3v) is 7.39.